The van der Waals surface area contributed by atoms with Crippen LogP contribution in [0.1, 0.15) is 6.42 Å². The van der Waals surface area contributed by atoms with Gasteiger partial charge in [-0.1, -0.05) is 30.3 Å². The first-order chi connectivity index (χ1) is 14.1. The van der Waals surface area contributed by atoms with Gasteiger partial charge >= 0.3 is 0 Å². The number of ether oxygens (including phenoxy) is 1. The zero-order chi connectivity index (χ0) is 20.2. The number of nitrogens with zero attached hydrogens (tertiary/aromatic N) is 4. The Balaban J connectivity index is 1.44. The van der Waals surface area contributed by atoms with Gasteiger partial charge in [-0.2, -0.15) is 5.10 Å². The zero-order valence-electron chi connectivity index (χ0n) is 15.8. The lowest BCUT2D eigenvalue weighted by molar-refractivity contribution is -0.116. The van der Waals surface area contributed by atoms with Gasteiger partial charge < -0.3 is 10.1 Å². The van der Waals surface area contributed by atoms with Crippen molar-refractivity contribution < 1.29 is 9.53 Å². The van der Waals surface area contributed by atoms with Crippen molar-refractivity contribution in [1.29, 1.82) is 0 Å². The lowest BCUT2D eigenvalue weighted by atomic mass is 10.2. The molecule has 146 valence electrons. The molecule has 0 fully saturated rings. The summed E-state index contributed by atoms with van der Waals surface area (Å²) in [5.74, 6) is 0.992. The Labute approximate surface area is 166 Å². The summed E-state index contributed by atoms with van der Waals surface area (Å²) in [4.78, 5) is 29.2. The van der Waals surface area contributed by atoms with Gasteiger partial charge in [0, 0.05) is 20.0 Å². The van der Waals surface area contributed by atoms with E-state index in [4.69, 9.17) is 4.74 Å². The Morgan fingerprint density at radius 2 is 1.86 bits per heavy atom. The number of benzene rings is 2. The van der Waals surface area contributed by atoms with E-state index in [1.807, 2.05) is 42.5 Å². The van der Waals surface area contributed by atoms with Gasteiger partial charge in [0.2, 0.25) is 5.91 Å². The van der Waals surface area contributed by atoms with Crippen molar-refractivity contribution in [1.82, 2.24) is 19.3 Å². The van der Waals surface area contributed by atoms with E-state index >= 15 is 0 Å². The molecule has 0 bridgehead atoms. The highest BCUT2D eigenvalue weighted by Crippen LogP contribution is 2.29. The van der Waals surface area contributed by atoms with Crippen LogP contribution in [0.3, 0.4) is 0 Å². The number of nitrogens with one attached hydrogen (secondary N) is 1. The number of aryl methyl sites for hydroxylation is 2. The third kappa shape index (κ3) is 4.01. The van der Waals surface area contributed by atoms with E-state index in [9.17, 15) is 9.59 Å². The summed E-state index contributed by atoms with van der Waals surface area (Å²) in [5.41, 5.74) is 0.862. The second-order valence-corrected chi connectivity index (χ2v) is 6.46. The second kappa shape index (κ2) is 7.97. The van der Waals surface area contributed by atoms with Crippen molar-refractivity contribution in [3.63, 3.8) is 0 Å². The molecule has 2 heterocycles. The lowest BCUT2D eigenvalue weighted by Gasteiger charge is -2.12. The molecule has 0 atom stereocenters. The van der Waals surface area contributed by atoms with E-state index in [0.717, 1.165) is 0 Å². The van der Waals surface area contributed by atoms with Gasteiger partial charge in [-0.15, -0.1) is 0 Å². The fourth-order valence-electron chi connectivity index (χ4n) is 2.93. The van der Waals surface area contributed by atoms with E-state index in [1.54, 1.807) is 19.2 Å². The van der Waals surface area contributed by atoms with Crippen molar-refractivity contribution in [3.05, 3.63) is 77.5 Å². The van der Waals surface area contributed by atoms with E-state index < -0.39 is 0 Å². The molecule has 0 aliphatic rings. The maximum atomic E-state index is 12.5. The first kappa shape index (κ1) is 18.4. The zero-order valence-corrected chi connectivity index (χ0v) is 15.8. The number of hydrogen-bond donors (Lipinski definition) is 1. The summed E-state index contributed by atoms with van der Waals surface area (Å²) >= 11 is 0. The van der Waals surface area contributed by atoms with E-state index in [1.165, 1.54) is 21.8 Å². The Morgan fingerprint density at radius 3 is 2.69 bits per heavy atom. The molecular formula is C21H19N5O3. The number of para-hydroxylation sites is 3. The highest BCUT2D eigenvalue weighted by atomic mass is 16.5. The number of rotatable bonds is 6. The average Bonchev–Trinajstić information content (AvgIpc) is 3.11. The van der Waals surface area contributed by atoms with Crippen molar-refractivity contribution in [2.24, 2.45) is 7.05 Å². The number of amides is 1. The summed E-state index contributed by atoms with van der Waals surface area (Å²) in [6.45, 7) is 0.213. The standard InChI is InChI=1S/C21H19N5O3/c1-25-20-16(13-23-25)21(28)26(14-22-20)12-11-19(27)24-17-9-5-6-10-18(17)29-15-7-3-2-4-8-15/h2-10,13-14H,11-12H2,1H3,(H,24,27). The van der Waals surface area contributed by atoms with Crippen LogP contribution in [0.4, 0.5) is 5.69 Å². The van der Waals surface area contributed by atoms with E-state index in [-0.39, 0.29) is 24.4 Å². The van der Waals surface area contributed by atoms with Crippen LogP contribution < -0.4 is 15.6 Å². The minimum Gasteiger partial charge on any atom is -0.455 e. The van der Waals surface area contributed by atoms with Crippen molar-refractivity contribution in [2.75, 3.05) is 5.32 Å². The summed E-state index contributed by atoms with van der Waals surface area (Å²) in [5, 5.41) is 7.31. The second-order valence-electron chi connectivity index (χ2n) is 6.46. The Hall–Kier alpha value is -3.94. The van der Waals surface area contributed by atoms with Gasteiger partial charge in [-0.3, -0.25) is 18.8 Å². The Kier molecular flexibility index (Phi) is 5.07. The number of carbonyl (C=O) groups excluding carboxylic acids is 1. The fraction of sp³-hybridized carbons (Fsp3) is 0.143. The highest BCUT2D eigenvalue weighted by Gasteiger charge is 2.11. The highest BCUT2D eigenvalue weighted by molar-refractivity contribution is 5.92. The van der Waals surface area contributed by atoms with Crippen molar-refractivity contribution >= 4 is 22.6 Å². The molecular weight excluding hydrogens is 370 g/mol. The molecule has 0 spiro atoms. The molecule has 29 heavy (non-hydrogen) atoms. The monoisotopic (exact) mass is 389 g/mol. The molecule has 1 N–H and O–H groups in total. The van der Waals surface area contributed by atoms with Crippen molar-refractivity contribution in [3.8, 4) is 11.5 Å². The van der Waals surface area contributed by atoms with Crippen LogP contribution in [0.25, 0.3) is 11.0 Å². The van der Waals surface area contributed by atoms with E-state index in [0.29, 0.717) is 28.2 Å². The van der Waals surface area contributed by atoms with Crippen LogP contribution in [0.2, 0.25) is 0 Å². The minimum atomic E-state index is -0.229. The SMILES string of the molecule is Cn1ncc2c(=O)n(CCC(=O)Nc3ccccc3Oc3ccccc3)cnc21. The molecule has 4 rings (SSSR count). The minimum absolute atomic E-state index is 0.118. The van der Waals surface area contributed by atoms with Gasteiger partial charge in [0.25, 0.3) is 5.56 Å². The summed E-state index contributed by atoms with van der Waals surface area (Å²) in [7, 11) is 1.72. The molecule has 0 saturated carbocycles. The first-order valence-electron chi connectivity index (χ1n) is 9.11. The molecule has 8 heteroatoms. The molecule has 2 aromatic carbocycles. The van der Waals surface area contributed by atoms with Gasteiger partial charge in [0.15, 0.2) is 11.4 Å². The predicted molar refractivity (Wildman–Crippen MR) is 109 cm³/mol. The molecule has 2 aromatic heterocycles. The van der Waals surface area contributed by atoms with Gasteiger partial charge in [-0.05, 0) is 24.3 Å². The first-order valence-corrected chi connectivity index (χ1v) is 9.11. The van der Waals surface area contributed by atoms with E-state index in [2.05, 4.69) is 15.4 Å². The van der Waals surface area contributed by atoms with Crippen molar-refractivity contribution in [2.45, 2.75) is 13.0 Å². The number of hydrogen-bond acceptors (Lipinski definition) is 5. The van der Waals surface area contributed by atoms with Crippen LogP contribution in [-0.4, -0.2) is 25.2 Å². The van der Waals surface area contributed by atoms with Gasteiger partial charge in [0.05, 0.1) is 18.2 Å². The largest absolute Gasteiger partial charge is 0.455 e. The van der Waals surface area contributed by atoms with Crippen LogP contribution >= 0.6 is 0 Å². The smallest absolute Gasteiger partial charge is 0.264 e. The average molecular weight is 389 g/mol. The van der Waals surface area contributed by atoms with Crippen LogP contribution in [0.15, 0.2) is 71.9 Å². The van der Waals surface area contributed by atoms with Gasteiger partial charge in [-0.25, -0.2) is 4.98 Å². The number of anilines is 1. The molecule has 4 aromatic rings. The third-order valence-corrected chi connectivity index (χ3v) is 4.43. The molecule has 1 amide bonds. The number of fused-ring (bicyclic) bond motifs is 1. The molecule has 8 nitrogen and oxygen atoms in total. The molecule has 0 aliphatic carbocycles. The Morgan fingerprint density at radius 1 is 1.10 bits per heavy atom. The topological polar surface area (TPSA) is 91.0 Å². The molecule has 0 radical (unpaired) electrons. The van der Waals surface area contributed by atoms with Gasteiger partial charge in [0.1, 0.15) is 11.1 Å². The fourth-order valence-corrected chi connectivity index (χ4v) is 2.93. The summed E-state index contributed by atoms with van der Waals surface area (Å²) < 4.78 is 8.81. The molecule has 0 aliphatic heterocycles. The Bertz CT molecular complexity index is 1210. The maximum absolute atomic E-state index is 12.5. The normalized spacial score (nSPS) is 10.8. The quantitative estimate of drug-likeness (QED) is 0.547. The third-order valence-electron chi connectivity index (χ3n) is 4.43. The number of carbonyl (C=O) groups is 1. The summed E-state index contributed by atoms with van der Waals surface area (Å²) in [6, 6.07) is 16.5. The number of aromatic nitrogens is 4. The summed E-state index contributed by atoms with van der Waals surface area (Å²) in [6.07, 6.45) is 3.04. The molecule has 0 unspecified atom stereocenters. The van der Waals surface area contributed by atoms with Crippen LogP contribution in [0.5, 0.6) is 11.5 Å². The maximum Gasteiger partial charge on any atom is 0.264 e. The predicted octanol–water partition coefficient (Wildman–Crippen LogP) is 2.95. The lowest BCUT2D eigenvalue weighted by Crippen LogP contribution is -2.23. The van der Waals surface area contributed by atoms with Crippen LogP contribution in [-0.2, 0) is 18.4 Å². The molecule has 0 saturated heterocycles. The van der Waals surface area contributed by atoms with Crippen LogP contribution in [0, 0.1) is 0 Å².